The molecule has 4 N–H and O–H groups in total. The minimum atomic E-state index is -0.512. The zero-order chi connectivity index (χ0) is 13.8. The number of nitrogens with two attached hydrogens (primary N) is 1. The van der Waals surface area contributed by atoms with Crippen molar-refractivity contribution < 1.29 is 9.50 Å². The molecule has 2 rings (SSSR count). The summed E-state index contributed by atoms with van der Waals surface area (Å²) < 4.78 is 13.3. The second kappa shape index (κ2) is 5.91. The first-order chi connectivity index (χ1) is 9.10. The Bertz CT molecular complexity index is 590. The van der Waals surface area contributed by atoms with Crippen LogP contribution in [-0.2, 0) is 13.2 Å². The maximum atomic E-state index is 13.3. The van der Waals surface area contributed by atoms with Gasteiger partial charge in [0.25, 0.3) is 0 Å². The third kappa shape index (κ3) is 3.36. The zero-order valence-electron chi connectivity index (χ0n) is 10.2. The summed E-state index contributed by atoms with van der Waals surface area (Å²) >= 11 is 5.63. The summed E-state index contributed by atoms with van der Waals surface area (Å²) in [6.45, 7) is 0.477. The van der Waals surface area contributed by atoms with Crippen molar-refractivity contribution in [2.45, 2.75) is 13.2 Å². The Labute approximate surface area is 115 Å². The van der Waals surface area contributed by atoms with Gasteiger partial charge >= 0.3 is 0 Å². The zero-order valence-corrected chi connectivity index (χ0v) is 10.9. The highest BCUT2D eigenvalue weighted by molar-refractivity contribution is 6.31. The minimum absolute atomic E-state index is 0.00493. The van der Waals surface area contributed by atoms with Crippen molar-refractivity contribution in [2.75, 3.05) is 11.1 Å². The van der Waals surface area contributed by atoms with E-state index in [-0.39, 0.29) is 11.6 Å². The van der Waals surface area contributed by atoms with Crippen LogP contribution in [0.4, 0.5) is 15.8 Å². The van der Waals surface area contributed by atoms with E-state index in [1.54, 1.807) is 0 Å². The summed E-state index contributed by atoms with van der Waals surface area (Å²) in [5.74, 6) is -0.512. The van der Waals surface area contributed by atoms with E-state index in [1.165, 1.54) is 12.1 Å². The van der Waals surface area contributed by atoms with E-state index in [0.29, 0.717) is 17.9 Å². The average Bonchev–Trinajstić information content (AvgIpc) is 2.41. The van der Waals surface area contributed by atoms with Gasteiger partial charge in [0, 0.05) is 12.6 Å². The number of benzene rings is 2. The second-order valence-corrected chi connectivity index (χ2v) is 4.59. The molecule has 100 valence electrons. The van der Waals surface area contributed by atoms with E-state index in [9.17, 15) is 4.39 Å². The maximum Gasteiger partial charge on any atom is 0.143 e. The lowest BCUT2D eigenvalue weighted by atomic mass is 10.1. The molecule has 0 atom stereocenters. The number of anilines is 2. The highest BCUT2D eigenvalue weighted by atomic mass is 35.5. The van der Waals surface area contributed by atoms with Crippen LogP contribution >= 0.6 is 11.6 Å². The summed E-state index contributed by atoms with van der Waals surface area (Å²) in [6.07, 6.45) is 0. The summed E-state index contributed by atoms with van der Waals surface area (Å²) in [5.41, 5.74) is 8.45. The first-order valence-electron chi connectivity index (χ1n) is 5.77. The van der Waals surface area contributed by atoms with Crippen molar-refractivity contribution in [3.8, 4) is 0 Å². The lowest BCUT2D eigenvalue weighted by Crippen LogP contribution is -2.03. The highest BCUT2D eigenvalue weighted by Crippen LogP contribution is 2.26. The Balaban J connectivity index is 2.12. The SMILES string of the molecule is Nc1cc(Cl)c(F)cc1NCc1cccc(CO)c1. The summed E-state index contributed by atoms with van der Waals surface area (Å²) in [6, 6.07) is 10.1. The molecule has 19 heavy (non-hydrogen) atoms. The van der Waals surface area contributed by atoms with Gasteiger partial charge in [-0.2, -0.15) is 0 Å². The molecular weight excluding hydrogens is 267 g/mol. The minimum Gasteiger partial charge on any atom is -0.397 e. The molecule has 2 aromatic rings. The molecule has 0 aromatic heterocycles. The molecule has 5 heteroatoms. The molecular formula is C14H14ClFN2O. The number of hydrogen-bond donors (Lipinski definition) is 3. The fourth-order valence-corrected chi connectivity index (χ4v) is 1.92. The van der Waals surface area contributed by atoms with Gasteiger partial charge in [-0.15, -0.1) is 0 Å². The largest absolute Gasteiger partial charge is 0.397 e. The van der Waals surface area contributed by atoms with Crippen molar-refractivity contribution in [3.05, 3.63) is 58.4 Å². The van der Waals surface area contributed by atoms with E-state index in [4.69, 9.17) is 22.4 Å². The predicted octanol–water partition coefficient (Wildman–Crippen LogP) is 3.17. The standard InChI is InChI=1S/C14H14ClFN2O/c15-11-5-13(17)14(6-12(11)16)18-7-9-2-1-3-10(4-9)8-19/h1-6,18-19H,7-8,17H2. The first-order valence-corrected chi connectivity index (χ1v) is 6.15. The van der Waals surface area contributed by atoms with Gasteiger partial charge in [-0.25, -0.2) is 4.39 Å². The molecule has 3 nitrogen and oxygen atoms in total. The molecule has 0 heterocycles. The Kier molecular flexibility index (Phi) is 4.24. The van der Waals surface area contributed by atoms with Gasteiger partial charge in [-0.3, -0.25) is 0 Å². The van der Waals surface area contributed by atoms with Crippen molar-refractivity contribution in [1.29, 1.82) is 0 Å². The van der Waals surface area contributed by atoms with Crippen LogP contribution in [0.5, 0.6) is 0 Å². The van der Waals surface area contributed by atoms with Crippen LogP contribution in [0.2, 0.25) is 5.02 Å². The summed E-state index contributed by atoms with van der Waals surface area (Å²) in [7, 11) is 0. The molecule has 0 aliphatic heterocycles. The highest BCUT2D eigenvalue weighted by Gasteiger charge is 2.06. The van der Waals surface area contributed by atoms with Crippen LogP contribution in [0.3, 0.4) is 0 Å². The fourth-order valence-electron chi connectivity index (χ4n) is 1.75. The predicted molar refractivity (Wildman–Crippen MR) is 75.5 cm³/mol. The van der Waals surface area contributed by atoms with E-state index >= 15 is 0 Å². The van der Waals surface area contributed by atoms with E-state index < -0.39 is 5.82 Å². The molecule has 0 aliphatic rings. The number of aliphatic hydroxyl groups excluding tert-OH is 1. The van der Waals surface area contributed by atoms with Crippen molar-refractivity contribution in [1.82, 2.24) is 0 Å². The normalized spacial score (nSPS) is 10.5. The third-order valence-electron chi connectivity index (χ3n) is 2.75. The quantitative estimate of drug-likeness (QED) is 0.754. The van der Waals surface area contributed by atoms with E-state index in [2.05, 4.69) is 5.32 Å². The Morgan fingerprint density at radius 2 is 1.95 bits per heavy atom. The molecule has 0 saturated heterocycles. The fraction of sp³-hybridized carbons (Fsp3) is 0.143. The molecule has 0 aliphatic carbocycles. The summed E-state index contributed by atoms with van der Waals surface area (Å²) in [4.78, 5) is 0. The van der Waals surface area contributed by atoms with Crippen LogP contribution in [0.1, 0.15) is 11.1 Å². The van der Waals surface area contributed by atoms with Gasteiger partial charge in [-0.1, -0.05) is 35.9 Å². The monoisotopic (exact) mass is 280 g/mol. The van der Waals surface area contributed by atoms with Crippen LogP contribution in [-0.4, -0.2) is 5.11 Å². The topological polar surface area (TPSA) is 58.3 Å². The smallest absolute Gasteiger partial charge is 0.143 e. The molecule has 0 spiro atoms. The molecule has 0 bridgehead atoms. The van der Waals surface area contributed by atoms with E-state index in [1.807, 2.05) is 24.3 Å². The Morgan fingerprint density at radius 3 is 2.68 bits per heavy atom. The van der Waals surface area contributed by atoms with Crippen LogP contribution in [0.15, 0.2) is 36.4 Å². The summed E-state index contributed by atoms with van der Waals surface area (Å²) in [5, 5.41) is 12.1. The number of nitrogens with one attached hydrogen (secondary N) is 1. The average molecular weight is 281 g/mol. The number of halogens is 2. The van der Waals surface area contributed by atoms with Crippen LogP contribution in [0, 0.1) is 5.82 Å². The number of hydrogen-bond acceptors (Lipinski definition) is 3. The van der Waals surface area contributed by atoms with Gasteiger partial charge in [0.1, 0.15) is 5.82 Å². The van der Waals surface area contributed by atoms with Gasteiger partial charge in [0.2, 0.25) is 0 Å². The van der Waals surface area contributed by atoms with Gasteiger partial charge in [0.05, 0.1) is 23.0 Å². The number of nitrogen functional groups attached to an aromatic ring is 1. The van der Waals surface area contributed by atoms with Crippen molar-refractivity contribution in [3.63, 3.8) is 0 Å². The van der Waals surface area contributed by atoms with Crippen LogP contribution < -0.4 is 11.1 Å². The molecule has 0 unspecified atom stereocenters. The molecule has 2 aromatic carbocycles. The van der Waals surface area contributed by atoms with Gasteiger partial charge in [0.15, 0.2) is 0 Å². The lowest BCUT2D eigenvalue weighted by Gasteiger charge is -2.11. The van der Waals surface area contributed by atoms with Gasteiger partial charge < -0.3 is 16.2 Å². The molecule has 0 fully saturated rings. The Hall–Kier alpha value is -1.78. The lowest BCUT2D eigenvalue weighted by molar-refractivity contribution is 0.281. The van der Waals surface area contributed by atoms with Crippen molar-refractivity contribution in [2.24, 2.45) is 0 Å². The third-order valence-corrected chi connectivity index (χ3v) is 3.04. The molecule has 0 saturated carbocycles. The first kappa shape index (κ1) is 13.6. The number of rotatable bonds is 4. The second-order valence-electron chi connectivity index (χ2n) is 4.19. The molecule has 0 amide bonds. The number of aliphatic hydroxyl groups is 1. The van der Waals surface area contributed by atoms with Crippen LogP contribution in [0.25, 0.3) is 0 Å². The van der Waals surface area contributed by atoms with Gasteiger partial charge in [-0.05, 0) is 17.2 Å². The van der Waals surface area contributed by atoms with Crippen molar-refractivity contribution >= 4 is 23.0 Å². The Morgan fingerprint density at radius 1 is 1.21 bits per heavy atom. The van der Waals surface area contributed by atoms with E-state index in [0.717, 1.165) is 11.1 Å². The maximum absolute atomic E-state index is 13.3. The molecule has 0 radical (unpaired) electrons.